The Morgan fingerprint density at radius 3 is 2.55 bits per heavy atom. The number of aromatic amines is 1. The van der Waals surface area contributed by atoms with Crippen LogP contribution in [0.15, 0.2) is 53.5 Å². The Hall–Kier alpha value is -4.08. The van der Waals surface area contributed by atoms with Gasteiger partial charge in [0.15, 0.2) is 17.1 Å². The number of H-pyrrole nitrogens is 1. The Morgan fingerprint density at radius 2 is 1.88 bits per heavy atom. The predicted molar refractivity (Wildman–Crippen MR) is 116 cm³/mol. The highest BCUT2D eigenvalue weighted by Gasteiger charge is 2.31. The van der Waals surface area contributed by atoms with Crippen LogP contribution < -0.4 is 10.3 Å². The van der Waals surface area contributed by atoms with Crippen LogP contribution in [0.4, 0.5) is 8.78 Å². The monoisotopic (exact) mass is 454 g/mol. The second-order valence-electron chi connectivity index (χ2n) is 7.66. The first kappa shape index (κ1) is 22.1. The number of carbonyl (C=O) groups is 1. The van der Waals surface area contributed by atoms with Gasteiger partial charge < -0.3 is 14.5 Å². The lowest BCUT2D eigenvalue weighted by atomic mass is 10.1. The summed E-state index contributed by atoms with van der Waals surface area (Å²) in [4.78, 5) is 31.7. The number of carbonyl (C=O) groups excluding carboxylic acids is 1. The number of halogens is 2. The normalized spacial score (nSPS) is 11.5. The lowest BCUT2D eigenvalue weighted by molar-refractivity contribution is -0.158. The summed E-state index contributed by atoms with van der Waals surface area (Å²) in [6.45, 7) is 5.15. The zero-order chi connectivity index (χ0) is 23.8. The van der Waals surface area contributed by atoms with Crippen LogP contribution in [0.25, 0.3) is 28.1 Å². The molecule has 0 saturated heterocycles. The molecule has 4 aromatic rings. The zero-order valence-corrected chi connectivity index (χ0v) is 18.1. The maximum absolute atomic E-state index is 14.3. The van der Waals surface area contributed by atoms with E-state index in [1.165, 1.54) is 12.3 Å². The summed E-state index contributed by atoms with van der Waals surface area (Å²) < 4.78 is 39.5. The van der Waals surface area contributed by atoms with E-state index in [0.29, 0.717) is 11.3 Å². The molecule has 4 rings (SSSR count). The molecule has 10 heteroatoms. The minimum absolute atomic E-state index is 0.0413. The van der Waals surface area contributed by atoms with Gasteiger partial charge >= 0.3 is 5.97 Å². The minimum Gasteiger partial charge on any atom is -0.476 e. The molecule has 0 fully saturated rings. The summed E-state index contributed by atoms with van der Waals surface area (Å²) in [5.41, 5.74) is -1.03. The van der Waals surface area contributed by atoms with Crippen molar-refractivity contribution in [1.29, 1.82) is 0 Å². The van der Waals surface area contributed by atoms with Crippen molar-refractivity contribution < 1.29 is 23.0 Å². The maximum atomic E-state index is 14.3. The Kier molecular flexibility index (Phi) is 5.67. The van der Waals surface area contributed by atoms with Gasteiger partial charge in [0.25, 0.3) is 5.56 Å². The van der Waals surface area contributed by atoms with Crippen molar-refractivity contribution in [2.45, 2.75) is 26.4 Å². The first-order valence-corrected chi connectivity index (χ1v) is 10.1. The van der Waals surface area contributed by atoms with E-state index in [2.05, 4.69) is 15.1 Å². The maximum Gasteiger partial charge on any atom is 0.349 e. The summed E-state index contributed by atoms with van der Waals surface area (Å²) in [7, 11) is 0. The molecule has 33 heavy (non-hydrogen) atoms. The van der Waals surface area contributed by atoms with Crippen molar-refractivity contribution in [2.24, 2.45) is 0 Å². The molecule has 0 amide bonds. The fourth-order valence-corrected chi connectivity index (χ4v) is 3.21. The summed E-state index contributed by atoms with van der Waals surface area (Å²) in [5, 5.41) is 4.20. The van der Waals surface area contributed by atoms with E-state index < -0.39 is 28.8 Å². The van der Waals surface area contributed by atoms with E-state index in [1.807, 2.05) is 0 Å². The van der Waals surface area contributed by atoms with Crippen LogP contribution in [-0.4, -0.2) is 37.9 Å². The van der Waals surface area contributed by atoms with Gasteiger partial charge in [0.1, 0.15) is 28.5 Å². The number of ether oxygens (including phenoxy) is 2. The average molecular weight is 454 g/mol. The first-order chi connectivity index (χ1) is 15.7. The lowest BCUT2D eigenvalue weighted by Gasteiger charge is -2.24. The second-order valence-corrected chi connectivity index (χ2v) is 7.66. The fourth-order valence-electron chi connectivity index (χ4n) is 3.21. The summed E-state index contributed by atoms with van der Waals surface area (Å²) in [6, 6.07) is 9.59. The third-order valence-corrected chi connectivity index (χ3v) is 4.84. The third kappa shape index (κ3) is 4.32. The van der Waals surface area contributed by atoms with Gasteiger partial charge in [-0.15, -0.1) is 0 Å². The molecule has 8 nitrogen and oxygen atoms in total. The number of hydrogen-bond acceptors (Lipinski definition) is 6. The topological polar surface area (TPSA) is 99.1 Å². The van der Waals surface area contributed by atoms with Crippen molar-refractivity contribution in [3.05, 3.63) is 70.6 Å². The van der Waals surface area contributed by atoms with E-state index in [-0.39, 0.29) is 29.2 Å². The van der Waals surface area contributed by atoms with Gasteiger partial charge in [-0.1, -0.05) is 0 Å². The molecular weight excluding hydrogens is 434 g/mol. The number of esters is 1. The number of nitrogens with zero attached hydrogens (tertiary/aromatic N) is 3. The Morgan fingerprint density at radius 1 is 1.15 bits per heavy atom. The van der Waals surface area contributed by atoms with Crippen LogP contribution in [0, 0.1) is 11.6 Å². The van der Waals surface area contributed by atoms with E-state index >= 15 is 0 Å². The van der Waals surface area contributed by atoms with Crippen LogP contribution in [0.1, 0.15) is 20.8 Å². The smallest absolute Gasteiger partial charge is 0.349 e. The largest absolute Gasteiger partial charge is 0.476 e. The molecule has 2 aromatic heterocycles. The van der Waals surface area contributed by atoms with E-state index in [0.717, 1.165) is 16.8 Å². The molecule has 170 valence electrons. The average Bonchev–Trinajstić information content (AvgIpc) is 3.18. The number of fused-ring (bicyclic) bond motifs is 1. The van der Waals surface area contributed by atoms with Crippen molar-refractivity contribution in [2.75, 3.05) is 6.61 Å². The molecule has 0 aliphatic rings. The Bertz CT molecular complexity index is 1390. The molecule has 0 spiro atoms. The van der Waals surface area contributed by atoms with E-state index in [9.17, 15) is 18.4 Å². The third-order valence-electron chi connectivity index (χ3n) is 4.84. The van der Waals surface area contributed by atoms with Gasteiger partial charge in [0, 0.05) is 11.6 Å². The first-order valence-electron chi connectivity index (χ1n) is 10.1. The highest BCUT2D eigenvalue weighted by Crippen LogP contribution is 2.25. The van der Waals surface area contributed by atoms with Crippen molar-refractivity contribution in [3.63, 3.8) is 0 Å². The quantitative estimate of drug-likeness (QED) is 0.445. The van der Waals surface area contributed by atoms with Crippen molar-refractivity contribution in [3.8, 4) is 22.8 Å². The molecule has 0 atom stereocenters. The van der Waals surface area contributed by atoms with E-state index in [1.54, 1.807) is 45.0 Å². The van der Waals surface area contributed by atoms with Crippen LogP contribution in [0.3, 0.4) is 0 Å². The lowest BCUT2D eigenvalue weighted by Crippen LogP contribution is -2.39. The number of benzene rings is 2. The van der Waals surface area contributed by atoms with Gasteiger partial charge in [-0.2, -0.15) is 5.10 Å². The van der Waals surface area contributed by atoms with Gasteiger partial charge in [-0.25, -0.2) is 23.2 Å². The Balaban J connectivity index is 1.69. The predicted octanol–water partition coefficient (Wildman–Crippen LogP) is 3.77. The molecule has 1 N–H and O–H groups in total. The van der Waals surface area contributed by atoms with Crippen LogP contribution in [0.2, 0.25) is 0 Å². The summed E-state index contributed by atoms with van der Waals surface area (Å²) in [6.07, 6.45) is 1.27. The van der Waals surface area contributed by atoms with Gasteiger partial charge in [0.2, 0.25) is 0 Å². The molecule has 0 aliphatic carbocycles. The minimum atomic E-state index is -1.19. The Labute approximate surface area is 186 Å². The fraction of sp³-hybridized carbons (Fsp3) is 0.217. The standard InChI is InChI=1S/C23H20F2N4O4/c1-4-32-22(31)23(2,3)33-15-8-5-13(6-9-15)19-27-20-16(21(30)28-19)12-26-29(20)18-10-7-14(24)11-17(18)25/h5-12H,4H2,1-3H3,(H,27,28,30). The molecule has 0 bridgehead atoms. The second kappa shape index (κ2) is 8.45. The van der Waals surface area contributed by atoms with E-state index in [4.69, 9.17) is 9.47 Å². The SMILES string of the molecule is CCOC(=O)C(C)(C)Oc1ccc(-c2nc3c(cnn3-c3ccc(F)cc3F)c(=O)[nH]2)cc1. The van der Waals surface area contributed by atoms with Crippen molar-refractivity contribution >= 4 is 17.0 Å². The number of nitrogens with one attached hydrogen (secondary N) is 1. The molecule has 2 heterocycles. The summed E-state index contributed by atoms with van der Waals surface area (Å²) in [5.74, 6) is -1.43. The molecule has 0 radical (unpaired) electrons. The number of hydrogen-bond donors (Lipinski definition) is 1. The number of aromatic nitrogens is 4. The van der Waals surface area contributed by atoms with Crippen LogP contribution >= 0.6 is 0 Å². The van der Waals surface area contributed by atoms with Crippen LogP contribution in [0.5, 0.6) is 5.75 Å². The highest BCUT2D eigenvalue weighted by molar-refractivity contribution is 5.79. The molecular formula is C23H20F2N4O4. The number of rotatable bonds is 6. The van der Waals surface area contributed by atoms with Crippen molar-refractivity contribution in [1.82, 2.24) is 19.7 Å². The molecule has 2 aromatic carbocycles. The van der Waals surface area contributed by atoms with Gasteiger partial charge in [-0.3, -0.25) is 4.79 Å². The summed E-state index contributed by atoms with van der Waals surface area (Å²) >= 11 is 0. The molecule has 0 saturated carbocycles. The zero-order valence-electron chi connectivity index (χ0n) is 18.1. The van der Waals surface area contributed by atoms with Crippen LogP contribution in [-0.2, 0) is 9.53 Å². The highest BCUT2D eigenvalue weighted by atomic mass is 19.1. The molecule has 0 aliphatic heterocycles. The van der Waals surface area contributed by atoms with Gasteiger partial charge in [-0.05, 0) is 57.2 Å². The van der Waals surface area contributed by atoms with Gasteiger partial charge in [0.05, 0.1) is 12.8 Å². The molecule has 0 unspecified atom stereocenters.